The molecule has 0 atom stereocenters. The Morgan fingerprint density at radius 1 is 0.875 bits per heavy atom. The van der Waals surface area contributed by atoms with Gasteiger partial charge < -0.3 is 9.47 Å². The Morgan fingerprint density at radius 3 is 1.44 bits per heavy atom. The van der Waals surface area contributed by atoms with Gasteiger partial charge in [0.05, 0.1) is 29.8 Å². The van der Waals surface area contributed by atoms with Crippen molar-refractivity contribution >= 4 is 11.6 Å². The van der Waals surface area contributed by atoms with Crippen LogP contribution >= 0.6 is 11.6 Å². The highest BCUT2D eigenvalue weighted by molar-refractivity contribution is 6.20. The van der Waals surface area contributed by atoms with E-state index in [9.17, 15) is 0 Å². The molecular formula is C13H27ClO2. The van der Waals surface area contributed by atoms with E-state index in [2.05, 4.69) is 41.5 Å². The van der Waals surface area contributed by atoms with Gasteiger partial charge in [0.25, 0.3) is 0 Å². The monoisotopic (exact) mass is 250 g/mol. The third kappa shape index (κ3) is 7.48. The van der Waals surface area contributed by atoms with Crippen molar-refractivity contribution in [1.82, 2.24) is 0 Å². The summed E-state index contributed by atoms with van der Waals surface area (Å²) in [6.07, 6.45) is 1.97. The van der Waals surface area contributed by atoms with Gasteiger partial charge in [-0.1, -0.05) is 13.8 Å². The average molecular weight is 251 g/mol. The van der Waals surface area contributed by atoms with Gasteiger partial charge in [-0.2, -0.15) is 0 Å². The molecular weight excluding hydrogens is 224 g/mol. The van der Waals surface area contributed by atoms with Gasteiger partial charge in [-0.3, -0.25) is 0 Å². The van der Waals surface area contributed by atoms with Crippen LogP contribution in [0.2, 0.25) is 0 Å². The molecule has 3 heteroatoms. The topological polar surface area (TPSA) is 18.5 Å². The fraction of sp³-hybridized carbons (Fsp3) is 1.00. The summed E-state index contributed by atoms with van der Waals surface area (Å²) in [5.74, 6) is 0. The van der Waals surface area contributed by atoms with Gasteiger partial charge in [0, 0.05) is 0 Å². The van der Waals surface area contributed by atoms with E-state index in [1.54, 1.807) is 0 Å². The van der Waals surface area contributed by atoms with Crippen LogP contribution in [0.4, 0.5) is 0 Å². The highest BCUT2D eigenvalue weighted by atomic mass is 35.5. The summed E-state index contributed by atoms with van der Waals surface area (Å²) in [6.45, 7) is 13.6. The molecule has 0 aliphatic carbocycles. The van der Waals surface area contributed by atoms with Crippen LogP contribution in [0.25, 0.3) is 0 Å². The van der Waals surface area contributed by atoms with Crippen LogP contribution in [0.5, 0.6) is 0 Å². The molecule has 2 nitrogen and oxygen atoms in total. The number of rotatable bonds is 8. The highest BCUT2D eigenvalue weighted by Crippen LogP contribution is 2.17. The van der Waals surface area contributed by atoms with Crippen LogP contribution in [0.1, 0.15) is 54.4 Å². The molecule has 0 aromatic heterocycles. The van der Waals surface area contributed by atoms with Gasteiger partial charge in [-0.05, 0) is 40.5 Å². The maximum absolute atomic E-state index is 6.16. The molecule has 0 aliphatic heterocycles. The zero-order valence-corrected chi connectivity index (χ0v) is 12.4. The van der Waals surface area contributed by atoms with Crippen molar-refractivity contribution in [3.8, 4) is 0 Å². The van der Waals surface area contributed by atoms with E-state index in [1.807, 2.05) is 0 Å². The fourth-order valence-electron chi connectivity index (χ4n) is 0.884. The van der Waals surface area contributed by atoms with Crippen LogP contribution in [0.15, 0.2) is 0 Å². The van der Waals surface area contributed by atoms with E-state index in [1.165, 1.54) is 0 Å². The molecule has 0 amide bonds. The largest absolute Gasteiger partial charge is 0.374 e. The lowest BCUT2D eigenvalue weighted by molar-refractivity contribution is -0.0523. The summed E-state index contributed by atoms with van der Waals surface area (Å²) in [5.41, 5.74) is -0.180. The lowest BCUT2D eigenvalue weighted by Gasteiger charge is -2.27. The van der Waals surface area contributed by atoms with E-state index in [-0.39, 0.29) is 16.6 Å². The Balaban J connectivity index is 3.79. The lowest BCUT2D eigenvalue weighted by atomic mass is 10.1. The minimum atomic E-state index is -0.0899. The first kappa shape index (κ1) is 16.2. The SMILES string of the molecule is CCC(C)(C)OCC(Cl)COC(C)(C)CC. The van der Waals surface area contributed by atoms with Crippen molar-refractivity contribution in [1.29, 1.82) is 0 Å². The predicted octanol–water partition coefficient (Wildman–Crippen LogP) is 4.00. The quantitative estimate of drug-likeness (QED) is 0.606. The van der Waals surface area contributed by atoms with E-state index >= 15 is 0 Å². The Bertz CT molecular complexity index is 170. The van der Waals surface area contributed by atoms with Crippen LogP contribution in [-0.4, -0.2) is 29.8 Å². The van der Waals surface area contributed by atoms with Crippen molar-refractivity contribution in [3.63, 3.8) is 0 Å². The van der Waals surface area contributed by atoms with Gasteiger partial charge >= 0.3 is 0 Å². The summed E-state index contributed by atoms with van der Waals surface area (Å²) in [6, 6.07) is 0. The number of ether oxygens (including phenoxy) is 2. The maximum atomic E-state index is 6.16. The van der Waals surface area contributed by atoms with Crippen LogP contribution < -0.4 is 0 Å². The third-order valence-corrected chi connectivity index (χ3v) is 3.26. The molecule has 0 rings (SSSR count). The minimum absolute atomic E-state index is 0.0725. The molecule has 98 valence electrons. The van der Waals surface area contributed by atoms with Crippen molar-refractivity contribution in [2.45, 2.75) is 71.0 Å². The van der Waals surface area contributed by atoms with E-state index < -0.39 is 0 Å². The fourth-order valence-corrected chi connectivity index (χ4v) is 1.01. The van der Waals surface area contributed by atoms with Crippen LogP contribution in [-0.2, 0) is 9.47 Å². The highest BCUT2D eigenvalue weighted by Gasteiger charge is 2.20. The molecule has 0 aliphatic rings. The van der Waals surface area contributed by atoms with Crippen molar-refractivity contribution < 1.29 is 9.47 Å². The molecule has 0 spiro atoms. The summed E-state index contributed by atoms with van der Waals surface area (Å²) in [7, 11) is 0. The van der Waals surface area contributed by atoms with Crippen molar-refractivity contribution in [2.24, 2.45) is 0 Å². The molecule has 0 saturated carbocycles. The summed E-state index contributed by atoms with van der Waals surface area (Å²) < 4.78 is 11.5. The van der Waals surface area contributed by atoms with Gasteiger partial charge in [0.15, 0.2) is 0 Å². The average Bonchev–Trinajstić information content (AvgIpc) is 2.24. The molecule has 16 heavy (non-hydrogen) atoms. The third-order valence-electron chi connectivity index (χ3n) is 3.01. The molecule has 0 bridgehead atoms. The molecule has 0 N–H and O–H groups in total. The second-order valence-electron chi connectivity index (χ2n) is 5.45. The Labute approximate surface area is 106 Å². The maximum Gasteiger partial charge on any atom is 0.0803 e. The summed E-state index contributed by atoms with van der Waals surface area (Å²) in [5, 5.41) is -0.0725. The normalized spacial score (nSPS) is 13.5. The lowest BCUT2D eigenvalue weighted by Crippen LogP contribution is -2.31. The standard InChI is InChI=1S/C13H27ClO2/c1-7-12(3,4)15-9-11(14)10-16-13(5,6)8-2/h11H,7-10H2,1-6H3. The molecule has 0 unspecified atom stereocenters. The first-order valence-corrected chi connectivity index (χ1v) is 6.58. The van der Waals surface area contributed by atoms with Crippen molar-refractivity contribution in [2.75, 3.05) is 13.2 Å². The van der Waals surface area contributed by atoms with Crippen molar-refractivity contribution in [3.05, 3.63) is 0 Å². The number of halogens is 1. The first-order chi connectivity index (χ1) is 7.22. The van der Waals surface area contributed by atoms with Gasteiger partial charge in [0.1, 0.15) is 0 Å². The first-order valence-electron chi connectivity index (χ1n) is 6.14. The molecule has 0 aromatic carbocycles. The minimum Gasteiger partial charge on any atom is -0.374 e. The molecule has 0 radical (unpaired) electrons. The molecule has 0 heterocycles. The molecule has 0 aromatic rings. The zero-order valence-electron chi connectivity index (χ0n) is 11.6. The van der Waals surface area contributed by atoms with E-state index in [0.717, 1.165) is 12.8 Å². The second-order valence-corrected chi connectivity index (χ2v) is 6.06. The number of hydrogen-bond acceptors (Lipinski definition) is 2. The van der Waals surface area contributed by atoms with E-state index in [4.69, 9.17) is 21.1 Å². The Morgan fingerprint density at radius 2 is 1.19 bits per heavy atom. The van der Waals surface area contributed by atoms with Crippen LogP contribution in [0, 0.1) is 0 Å². The number of alkyl halides is 1. The van der Waals surface area contributed by atoms with Gasteiger partial charge in [0.2, 0.25) is 0 Å². The molecule has 0 fully saturated rings. The zero-order chi connectivity index (χ0) is 12.8. The predicted molar refractivity (Wildman–Crippen MR) is 70.3 cm³/mol. The summed E-state index contributed by atoms with van der Waals surface area (Å²) >= 11 is 6.16. The smallest absolute Gasteiger partial charge is 0.0803 e. The van der Waals surface area contributed by atoms with Gasteiger partial charge in [-0.25, -0.2) is 0 Å². The number of hydrogen-bond donors (Lipinski definition) is 0. The van der Waals surface area contributed by atoms with E-state index in [0.29, 0.717) is 13.2 Å². The van der Waals surface area contributed by atoms with Crippen LogP contribution in [0.3, 0.4) is 0 Å². The Hall–Kier alpha value is 0.210. The van der Waals surface area contributed by atoms with Gasteiger partial charge in [-0.15, -0.1) is 11.6 Å². The Kier molecular flexibility index (Phi) is 6.92. The second kappa shape index (κ2) is 6.83. The molecule has 0 saturated heterocycles. The summed E-state index contributed by atoms with van der Waals surface area (Å²) in [4.78, 5) is 0.